The van der Waals surface area contributed by atoms with Crippen LogP contribution in [0, 0.1) is 23.5 Å². The van der Waals surface area contributed by atoms with E-state index in [4.69, 9.17) is 5.73 Å². The van der Waals surface area contributed by atoms with Crippen molar-refractivity contribution in [1.82, 2.24) is 0 Å². The van der Waals surface area contributed by atoms with Gasteiger partial charge >= 0.3 is 0 Å². The summed E-state index contributed by atoms with van der Waals surface area (Å²) in [6.07, 6.45) is 0.555. The highest BCUT2D eigenvalue weighted by molar-refractivity contribution is 5.34. The second kappa shape index (κ2) is 4.58. The summed E-state index contributed by atoms with van der Waals surface area (Å²) in [6, 6.07) is 3.56. The van der Waals surface area contributed by atoms with E-state index in [1.165, 1.54) is 6.07 Å². The van der Waals surface area contributed by atoms with Crippen molar-refractivity contribution in [1.29, 1.82) is 0 Å². The van der Waals surface area contributed by atoms with Crippen LogP contribution in [-0.4, -0.2) is 6.54 Å². The van der Waals surface area contributed by atoms with Crippen molar-refractivity contribution in [2.75, 3.05) is 6.54 Å². The van der Waals surface area contributed by atoms with Gasteiger partial charge in [-0.25, -0.2) is 8.78 Å². The molecule has 0 atom stereocenters. The summed E-state index contributed by atoms with van der Waals surface area (Å²) >= 11 is 0. The Morgan fingerprint density at radius 1 is 1.23 bits per heavy atom. The maximum absolute atomic E-state index is 12.6. The molecular formula is C10H9F2N. The molecule has 0 radical (unpaired) electrons. The first-order chi connectivity index (χ1) is 6.24. The number of rotatable bonds is 1. The Bertz CT molecular complexity index is 350. The van der Waals surface area contributed by atoms with Crippen LogP contribution in [0.1, 0.15) is 12.0 Å². The van der Waals surface area contributed by atoms with Crippen LogP contribution in [0.3, 0.4) is 0 Å². The SMILES string of the molecule is NCCC#Cc1ccc(F)c(F)c1. The summed E-state index contributed by atoms with van der Waals surface area (Å²) in [5.41, 5.74) is 5.68. The van der Waals surface area contributed by atoms with Gasteiger partial charge in [-0.3, -0.25) is 0 Å². The van der Waals surface area contributed by atoms with Crippen molar-refractivity contribution >= 4 is 0 Å². The third-order valence-corrected chi connectivity index (χ3v) is 1.42. The molecule has 0 saturated heterocycles. The summed E-state index contributed by atoms with van der Waals surface area (Å²) in [7, 11) is 0. The lowest BCUT2D eigenvalue weighted by Gasteiger charge is -1.92. The second-order valence-corrected chi connectivity index (χ2v) is 2.47. The Morgan fingerprint density at radius 3 is 2.62 bits per heavy atom. The van der Waals surface area contributed by atoms with E-state index in [-0.39, 0.29) is 0 Å². The van der Waals surface area contributed by atoms with Gasteiger partial charge < -0.3 is 5.73 Å². The first kappa shape index (κ1) is 9.69. The average molecular weight is 181 g/mol. The predicted octanol–water partition coefficient (Wildman–Crippen LogP) is 1.67. The first-order valence-electron chi connectivity index (χ1n) is 3.88. The molecule has 0 unspecified atom stereocenters. The third-order valence-electron chi connectivity index (χ3n) is 1.42. The molecule has 1 nitrogen and oxygen atoms in total. The van der Waals surface area contributed by atoms with E-state index in [1.807, 2.05) is 0 Å². The van der Waals surface area contributed by atoms with E-state index >= 15 is 0 Å². The zero-order chi connectivity index (χ0) is 9.68. The summed E-state index contributed by atoms with van der Waals surface area (Å²) in [5, 5.41) is 0. The van der Waals surface area contributed by atoms with Gasteiger partial charge in [0.2, 0.25) is 0 Å². The van der Waals surface area contributed by atoms with Crippen LogP contribution in [0.4, 0.5) is 8.78 Å². The van der Waals surface area contributed by atoms with Crippen LogP contribution in [0.2, 0.25) is 0 Å². The lowest BCUT2D eigenvalue weighted by Crippen LogP contribution is -1.95. The van der Waals surface area contributed by atoms with Crippen molar-refractivity contribution in [2.24, 2.45) is 5.73 Å². The fraction of sp³-hybridized carbons (Fsp3) is 0.200. The number of halogens is 2. The molecule has 0 saturated carbocycles. The molecule has 0 heterocycles. The molecule has 0 amide bonds. The van der Waals surface area contributed by atoms with Gasteiger partial charge in [0.25, 0.3) is 0 Å². The Labute approximate surface area is 75.6 Å². The molecule has 0 spiro atoms. The average Bonchev–Trinajstić information content (AvgIpc) is 2.12. The van der Waals surface area contributed by atoms with Crippen LogP contribution in [0.15, 0.2) is 18.2 Å². The molecule has 1 aromatic rings. The van der Waals surface area contributed by atoms with Crippen molar-refractivity contribution in [3.05, 3.63) is 35.4 Å². The van der Waals surface area contributed by atoms with E-state index in [9.17, 15) is 8.78 Å². The Balaban J connectivity index is 2.81. The van der Waals surface area contributed by atoms with Gasteiger partial charge in [-0.05, 0) is 18.2 Å². The normalized spacial score (nSPS) is 9.15. The maximum Gasteiger partial charge on any atom is 0.160 e. The lowest BCUT2D eigenvalue weighted by atomic mass is 10.2. The number of benzene rings is 1. The zero-order valence-electron chi connectivity index (χ0n) is 6.98. The lowest BCUT2D eigenvalue weighted by molar-refractivity contribution is 0.508. The smallest absolute Gasteiger partial charge is 0.160 e. The molecule has 1 rings (SSSR count). The topological polar surface area (TPSA) is 26.0 Å². The van der Waals surface area contributed by atoms with Crippen LogP contribution in [0.25, 0.3) is 0 Å². The van der Waals surface area contributed by atoms with Gasteiger partial charge in [0.1, 0.15) is 0 Å². The van der Waals surface area contributed by atoms with Crippen molar-refractivity contribution in [2.45, 2.75) is 6.42 Å². The maximum atomic E-state index is 12.6. The van der Waals surface area contributed by atoms with E-state index in [1.54, 1.807) is 0 Å². The monoisotopic (exact) mass is 181 g/mol. The van der Waals surface area contributed by atoms with E-state index < -0.39 is 11.6 Å². The minimum Gasteiger partial charge on any atom is -0.330 e. The Hall–Kier alpha value is -1.40. The highest BCUT2D eigenvalue weighted by Crippen LogP contribution is 2.07. The highest BCUT2D eigenvalue weighted by Gasteiger charge is 1.99. The Morgan fingerprint density at radius 2 is 2.00 bits per heavy atom. The Kier molecular flexibility index (Phi) is 3.41. The molecule has 1 aromatic carbocycles. The largest absolute Gasteiger partial charge is 0.330 e. The number of nitrogens with two attached hydrogens (primary N) is 1. The summed E-state index contributed by atoms with van der Waals surface area (Å²) in [4.78, 5) is 0. The molecule has 0 aliphatic rings. The summed E-state index contributed by atoms with van der Waals surface area (Å²) in [5.74, 6) is 3.68. The molecule has 13 heavy (non-hydrogen) atoms. The fourth-order valence-corrected chi connectivity index (χ4v) is 0.811. The molecule has 0 bridgehead atoms. The van der Waals surface area contributed by atoms with Crippen molar-refractivity contribution in [3.8, 4) is 11.8 Å². The molecule has 0 aliphatic heterocycles. The minimum atomic E-state index is -0.875. The van der Waals surface area contributed by atoms with E-state index in [0.717, 1.165) is 12.1 Å². The van der Waals surface area contributed by atoms with Gasteiger partial charge in [-0.15, -0.1) is 0 Å². The zero-order valence-corrected chi connectivity index (χ0v) is 6.98. The fourth-order valence-electron chi connectivity index (χ4n) is 0.811. The first-order valence-corrected chi connectivity index (χ1v) is 3.88. The summed E-state index contributed by atoms with van der Waals surface area (Å²) < 4.78 is 25.1. The molecule has 3 heteroatoms. The van der Waals surface area contributed by atoms with E-state index in [2.05, 4.69) is 11.8 Å². The molecule has 0 aromatic heterocycles. The van der Waals surface area contributed by atoms with Gasteiger partial charge in [0.15, 0.2) is 11.6 Å². The van der Waals surface area contributed by atoms with Crippen LogP contribution in [-0.2, 0) is 0 Å². The molecule has 0 aliphatic carbocycles. The van der Waals surface area contributed by atoms with Crippen molar-refractivity contribution < 1.29 is 8.78 Å². The quantitative estimate of drug-likeness (QED) is 0.655. The minimum absolute atomic E-state index is 0.465. The highest BCUT2D eigenvalue weighted by atomic mass is 19.2. The third kappa shape index (κ3) is 2.85. The molecule has 0 fully saturated rings. The van der Waals surface area contributed by atoms with Gasteiger partial charge in [0, 0.05) is 18.5 Å². The van der Waals surface area contributed by atoms with Gasteiger partial charge in [-0.2, -0.15) is 0 Å². The summed E-state index contributed by atoms with van der Waals surface area (Å²) in [6.45, 7) is 0.469. The number of hydrogen-bond donors (Lipinski definition) is 1. The molecular weight excluding hydrogens is 172 g/mol. The molecule has 68 valence electrons. The van der Waals surface area contributed by atoms with Crippen molar-refractivity contribution in [3.63, 3.8) is 0 Å². The van der Waals surface area contributed by atoms with Crippen LogP contribution in [0.5, 0.6) is 0 Å². The second-order valence-electron chi connectivity index (χ2n) is 2.47. The standard InChI is InChI=1S/C10H9F2N/c11-9-5-4-8(7-10(9)12)3-1-2-6-13/h4-5,7H,2,6,13H2. The molecule has 2 N–H and O–H groups in total. The van der Waals surface area contributed by atoms with Crippen LogP contribution >= 0.6 is 0 Å². The predicted molar refractivity (Wildman–Crippen MR) is 46.9 cm³/mol. The van der Waals surface area contributed by atoms with Gasteiger partial charge in [0.05, 0.1) is 0 Å². The van der Waals surface area contributed by atoms with Gasteiger partial charge in [-0.1, -0.05) is 11.8 Å². The number of hydrogen-bond acceptors (Lipinski definition) is 1. The van der Waals surface area contributed by atoms with Crippen LogP contribution < -0.4 is 5.73 Å². The van der Waals surface area contributed by atoms with E-state index in [0.29, 0.717) is 18.5 Å².